The zero-order valence-corrected chi connectivity index (χ0v) is 20.4. The van der Waals surface area contributed by atoms with Crippen molar-refractivity contribution in [1.82, 2.24) is 4.90 Å². The van der Waals surface area contributed by atoms with E-state index in [0.29, 0.717) is 13.1 Å². The van der Waals surface area contributed by atoms with Gasteiger partial charge >= 0.3 is 0 Å². The molecule has 0 aliphatic heterocycles. The van der Waals surface area contributed by atoms with E-state index in [0.717, 1.165) is 23.5 Å². The van der Waals surface area contributed by atoms with Gasteiger partial charge in [0.15, 0.2) is 0 Å². The van der Waals surface area contributed by atoms with Gasteiger partial charge in [0.05, 0.1) is 13.2 Å². The standard InChI is InChI=1S/C29H35NO3/c1-21(2)33-28-16-12-26(13-17-28)29(25-10-6-22(3)7-11-25)18-19-30(23(4)31)20-24-8-14-27(32-5)15-9-24/h6-17,21,29H,18-20H2,1-5H3/t29-/m1/s1. The van der Waals surface area contributed by atoms with Crippen LogP contribution in [0.25, 0.3) is 0 Å². The van der Waals surface area contributed by atoms with Gasteiger partial charge < -0.3 is 14.4 Å². The Bertz CT molecular complexity index is 1010. The molecule has 1 atom stereocenters. The third-order valence-electron chi connectivity index (χ3n) is 5.80. The maximum atomic E-state index is 12.4. The summed E-state index contributed by atoms with van der Waals surface area (Å²) in [7, 11) is 1.66. The fourth-order valence-electron chi connectivity index (χ4n) is 3.96. The summed E-state index contributed by atoms with van der Waals surface area (Å²) in [5.41, 5.74) is 4.81. The van der Waals surface area contributed by atoms with Crippen LogP contribution >= 0.6 is 0 Å². The number of aryl methyl sites for hydroxylation is 1. The maximum absolute atomic E-state index is 12.4. The van der Waals surface area contributed by atoms with E-state index < -0.39 is 0 Å². The van der Waals surface area contributed by atoms with Crippen molar-refractivity contribution in [2.24, 2.45) is 0 Å². The number of methoxy groups -OCH3 is 1. The van der Waals surface area contributed by atoms with E-state index in [1.54, 1.807) is 14.0 Å². The molecule has 0 spiro atoms. The Morgan fingerprint density at radius 3 is 1.91 bits per heavy atom. The summed E-state index contributed by atoms with van der Waals surface area (Å²) < 4.78 is 11.1. The van der Waals surface area contributed by atoms with Crippen LogP contribution in [-0.4, -0.2) is 30.6 Å². The van der Waals surface area contributed by atoms with Crippen LogP contribution in [0.15, 0.2) is 72.8 Å². The van der Waals surface area contributed by atoms with Crippen molar-refractivity contribution < 1.29 is 14.3 Å². The fourth-order valence-corrected chi connectivity index (χ4v) is 3.96. The molecule has 0 aromatic heterocycles. The summed E-state index contributed by atoms with van der Waals surface area (Å²) in [5, 5.41) is 0. The van der Waals surface area contributed by atoms with E-state index in [1.165, 1.54) is 16.7 Å². The quantitative estimate of drug-likeness (QED) is 0.364. The first-order valence-electron chi connectivity index (χ1n) is 11.6. The monoisotopic (exact) mass is 445 g/mol. The molecule has 0 unspecified atom stereocenters. The van der Waals surface area contributed by atoms with Crippen LogP contribution in [0, 0.1) is 6.92 Å². The zero-order chi connectivity index (χ0) is 23.8. The topological polar surface area (TPSA) is 38.8 Å². The highest BCUT2D eigenvalue weighted by Gasteiger charge is 2.18. The lowest BCUT2D eigenvalue weighted by molar-refractivity contribution is -0.129. The third-order valence-corrected chi connectivity index (χ3v) is 5.80. The molecule has 0 aliphatic rings. The highest BCUT2D eigenvalue weighted by molar-refractivity contribution is 5.73. The molecule has 3 aromatic carbocycles. The molecule has 0 aliphatic carbocycles. The zero-order valence-electron chi connectivity index (χ0n) is 20.4. The molecule has 0 bridgehead atoms. The van der Waals surface area contributed by atoms with Gasteiger partial charge in [-0.3, -0.25) is 4.79 Å². The summed E-state index contributed by atoms with van der Waals surface area (Å²) in [4.78, 5) is 14.3. The molecule has 4 heteroatoms. The molecule has 0 heterocycles. The SMILES string of the molecule is COc1ccc(CN(CC[C@H](c2ccc(C)cc2)c2ccc(OC(C)C)cc2)C(C)=O)cc1. The van der Waals surface area contributed by atoms with Crippen LogP contribution in [0.5, 0.6) is 11.5 Å². The summed E-state index contributed by atoms with van der Waals surface area (Å²) in [6.45, 7) is 9.06. The van der Waals surface area contributed by atoms with E-state index in [1.807, 2.05) is 55.1 Å². The van der Waals surface area contributed by atoms with Crippen LogP contribution in [0.3, 0.4) is 0 Å². The second kappa shape index (κ2) is 11.6. The van der Waals surface area contributed by atoms with E-state index >= 15 is 0 Å². The predicted molar refractivity (Wildman–Crippen MR) is 134 cm³/mol. The second-order valence-corrected chi connectivity index (χ2v) is 8.78. The van der Waals surface area contributed by atoms with Gasteiger partial charge in [0.25, 0.3) is 0 Å². The smallest absolute Gasteiger partial charge is 0.219 e. The number of carbonyl (C=O) groups excluding carboxylic acids is 1. The van der Waals surface area contributed by atoms with E-state index in [-0.39, 0.29) is 17.9 Å². The van der Waals surface area contributed by atoms with Gasteiger partial charge in [0.2, 0.25) is 5.91 Å². The lowest BCUT2D eigenvalue weighted by Gasteiger charge is -2.25. The lowest BCUT2D eigenvalue weighted by Crippen LogP contribution is -2.30. The van der Waals surface area contributed by atoms with Crippen molar-refractivity contribution in [3.63, 3.8) is 0 Å². The molecule has 1 amide bonds. The minimum atomic E-state index is 0.0779. The Morgan fingerprint density at radius 2 is 1.39 bits per heavy atom. The van der Waals surface area contributed by atoms with Crippen LogP contribution in [0.4, 0.5) is 0 Å². The summed E-state index contributed by atoms with van der Waals surface area (Å²) in [5.74, 6) is 1.96. The normalized spacial score (nSPS) is 11.8. The molecule has 0 N–H and O–H groups in total. The number of benzene rings is 3. The third kappa shape index (κ3) is 7.11. The summed E-state index contributed by atoms with van der Waals surface area (Å²) >= 11 is 0. The predicted octanol–water partition coefficient (Wildman–Crippen LogP) is 6.36. The van der Waals surface area contributed by atoms with E-state index in [9.17, 15) is 4.79 Å². The van der Waals surface area contributed by atoms with Gasteiger partial charge in [0.1, 0.15) is 11.5 Å². The second-order valence-electron chi connectivity index (χ2n) is 8.78. The van der Waals surface area contributed by atoms with Gasteiger partial charge in [-0.25, -0.2) is 0 Å². The largest absolute Gasteiger partial charge is 0.497 e. The molecule has 0 saturated heterocycles. The van der Waals surface area contributed by atoms with Crippen molar-refractivity contribution in [2.45, 2.75) is 52.7 Å². The average molecular weight is 446 g/mol. The Labute approximate surface area is 198 Å². The van der Waals surface area contributed by atoms with Crippen LogP contribution in [0.1, 0.15) is 55.4 Å². The Hall–Kier alpha value is -3.27. The minimum absolute atomic E-state index is 0.0779. The minimum Gasteiger partial charge on any atom is -0.497 e. The number of carbonyl (C=O) groups is 1. The van der Waals surface area contributed by atoms with Gasteiger partial charge in [-0.15, -0.1) is 0 Å². The summed E-state index contributed by atoms with van der Waals surface area (Å²) in [6.07, 6.45) is 0.981. The fraction of sp³-hybridized carbons (Fsp3) is 0.345. The Morgan fingerprint density at radius 1 is 0.848 bits per heavy atom. The average Bonchev–Trinajstić information content (AvgIpc) is 2.80. The molecule has 3 rings (SSSR count). The van der Waals surface area contributed by atoms with E-state index in [4.69, 9.17) is 9.47 Å². The van der Waals surface area contributed by atoms with Crippen molar-refractivity contribution >= 4 is 5.91 Å². The number of rotatable bonds is 10. The number of amides is 1. The molecule has 0 radical (unpaired) electrons. The first-order chi connectivity index (χ1) is 15.9. The molecular weight excluding hydrogens is 410 g/mol. The maximum Gasteiger partial charge on any atom is 0.219 e. The number of nitrogens with zero attached hydrogens (tertiary/aromatic N) is 1. The van der Waals surface area contributed by atoms with Crippen molar-refractivity contribution in [1.29, 1.82) is 0 Å². The Balaban J connectivity index is 1.79. The van der Waals surface area contributed by atoms with E-state index in [2.05, 4.69) is 43.3 Å². The molecule has 0 fully saturated rings. The van der Waals surface area contributed by atoms with Crippen LogP contribution in [-0.2, 0) is 11.3 Å². The molecule has 4 nitrogen and oxygen atoms in total. The Kier molecular flexibility index (Phi) is 8.53. The van der Waals surface area contributed by atoms with Gasteiger partial charge in [-0.05, 0) is 68.1 Å². The lowest BCUT2D eigenvalue weighted by atomic mass is 9.88. The molecule has 3 aromatic rings. The number of hydrogen-bond acceptors (Lipinski definition) is 3. The molecular formula is C29H35NO3. The number of hydrogen-bond donors (Lipinski definition) is 0. The van der Waals surface area contributed by atoms with Crippen LogP contribution < -0.4 is 9.47 Å². The first kappa shape index (κ1) is 24.4. The van der Waals surface area contributed by atoms with Crippen molar-refractivity contribution in [2.75, 3.05) is 13.7 Å². The molecule has 174 valence electrons. The summed E-state index contributed by atoms with van der Waals surface area (Å²) in [6, 6.07) is 24.9. The molecule has 0 saturated carbocycles. The van der Waals surface area contributed by atoms with Gasteiger partial charge in [-0.1, -0.05) is 54.1 Å². The first-order valence-corrected chi connectivity index (χ1v) is 11.6. The van der Waals surface area contributed by atoms with Crippen LogP contribution in [0.2, 0.25) is 0 Å². The highest BCUT2D eigenvalue weighted by atomic mass is 16.5. The van der Waals surface area contributed by atoms with Crippen molar-refractivity contribution in [3.8, 4) is 11.5 Å². The van der Waals surface area contributed by atoms with Gasteiger partial charge in [-0.2, -0.15) is 0 Å². The number of ether oxygens (including phenoxy) is 2. The van der Waals surface area contributed by atoms with Gasteiger partial charge in [0, 0.05) is 25.9 Å². The van der Waals surface area contributed by atoms with Crippen molar-refractivity contribution in [3.05, 3.63) is 95.1 Å². The highest BCUT2D eigenvalue weighted by Crippen LogP contribution is 2.30. The molecule has 33 heavy (non-hydrogen) atoms.